The summed E-state index contributed by atoms with van der Waals surface area (Å²) in [6.07, 6.45) is 1.86. The largest absolute Gasteiger partial charge is 0.448 e. The highest BCUT2D eigenvalue weighted by atomic mass is 16.6. The lowest BCUT2D eigenvalue weighted by molar-refractivity contribution is 0.101. The van der Waals surface area contributed by atoms with Crippen molar-refractivity contribution in [3.63, 3.8) is 0 Å². The monoisotopic (exact) mass is 350 g/mol. The van der Waals surface area contributed by atoms with Crippen molar-refractivity contribution in [3.05, 3.63) is 64.6 Å². The summed E-state index contributed by atoms with van der Waals surface area (Å²) in [4.78, 5) is 25.0. The van der Waals surface area contributed by atoms with Crippen molar-refractivity contribution in [3.8, 4) is 11.1 Å². The summed E-state index contributed by atoms with van der Waals surface area (Å²) < 4.78 is 5.68. The second-order valence-electron chi connectivity index (χ2n) is 6.98. The summed E-state index contributed by atoms with van der Waals surface area (Å²) >= 11 is 0. The molecule has 0 saturated carbocycles. The molecule has 1 amide bonds. The lowest BCUT2D eigenvalue weighted by Crippen LogP contribution is -2.33. The first-order valence-electron chi connectivity index (χ1n) is 9.20. The Morgan fingerprint density at radius 1 is 1.00 bits per heavy atom. The van der Waals surface area contributed by atoms with E-state index in [0.717, 1.165) is 12.8 Å². The van der Waals surface area contributed by atoms with E-state index in [9.17, 15) is 9.70 Å². The lowest BCUT2D eigenvalue weighted by Gasteiger charge is -2.21. The van der Waals surface area contributed by atoms with Crippen LogP contribution in [0.25, 0.3) is 11.1 Å². The molecule has 5 heteroatoms. The van der Waals surface area contributed by atoms with E-state index in [4.69, 9.17) is 4.74 Å². The lowest BCUT2D eigenvalue weighted by atomic mass is 9.98. The molecule has 0 radical (unpaired) electrons. The Bertz CT molecular complexity index is 775. The number of nitroso groups, excluding NO2 is 1. The Balaban J connectivity index is 1.46. The van der Waals surface area contributed by atoms with Crippen LogP contribution in [0, 0.1) is 4.91 Å². The molecule has 1 fully saturated rings. The van der Waals surface area contributed by atoms with E-state index in [1.807, 2.05) is 24.3 Å². The fourth-order valence-corrected chi connectivity index (χ4v) is 4.05. The maximum atomic E-state index is 12.5. The van der Waals surface area contributed by atoms with E-state index in [0.29, 0.717) is 26.1 Å². The third kappa shape index (κ3) is 3.09. The predicted molar refractivity (Wildman–Crippen MR) is 100 cm³/mol. The molecular weight excluding hydrogens is 328 g/mol. The SMILES string of the molecule is O=NC1CCCN(C(=O)OCC2c3ccccc3-c3ccccc32)CC1. The number of hydrogen-bond acceptors (Lipinski definition) is 4. The standard InChI is InChI=1S/C21H22N2O3/c24-21(23-12-5-6-15(22-25)11-13-23)26-14-20-18-9-3-1-7-16(18)17-8-2-4-10-19(17)20/h1-4,7-10,15,20H,5-6,11-14H2. The first-order valence-corrected chi connectivity index (χ1v) is 9.20. The van der Waals surface area contributed by atoms with Gasteiger partial charge in [0.05, 0.1) is 6.04 Å². The Hall–Kier alpha value is -2.69. The van der Waals surface area contributed by atoms with Gasteiger partial charge in [0.25, 0.3) is 0 Å². The Kier molecular flexibility index (Phi) is 4.69. The molecular formula is C21H22N2O3. The van der Waals surface area contributed by atoms with Gasteiger partial charge in [0.2, 0.25) is 0 Å². The molecule has 0 spiro atoms. The van der Waals surface area contributed by atoms with Crippen LogP contribution in [-0.4, -0.2) is 36.7 Å². The number of amides is 1. The highest BCUT2D eigenvalue weighted by Crippen LogP contribution is 2.44. The minimum absolute atomic E-state index is 0.0720. The summed E-state index contributed by atoms with van der Waals surface area (Å²) in [7, 11) is 0. The zero-order valence-electron chi connectivity index (χ0n) is 14.6. The Morgan fingerprint density at radius 3 is 2.31 bits per heavy atom. The summed E-state index contributed by atoms with van der Waals surface area (Å²) in [6.45, 7) is 1.49. The zero-order valence-corrected chi connectivity index (χ0v) is 14.6. The first-order chi connectivity index (χ1) is 12.8. The van der Waals surface area contributed by atoms with E-state index in [-0.39, 0.29) is 18.1 Å². The molecule has 1 unspecified atom stereocenters. The molecule has 1 heterocycles. The highest BCUT2D eigenvalue weighted by Gasteiger charge is 2.30. The predicted octanol–water partition coefficient (Wildman–Crippen LogP) is 4.56. The first kappa shape index (κ1) is 16.8. The van der Waals surface area contributed by atoms with E-state index in [1.54, 1.807) is 4.90 Å². The topological polar surface area (TPSA) is 59.0 Å². The Labute approximate surface area is 152 Å². The number of benzene rings is 2. The molecule has 134 valence electrons. The third-order valence-corrected chi connectivity index (χ3v) is 5.44. The maximum absolute atomic E-state index is 12.5. The van der Waals surface area contributed by atoms with Gasteiger partial charge in [-0.2, -0.15) is 4.91 Å². The van der Waals surface area contributed by atoms with Gasteiger partial charge in [0.15, 0.2) is 0 Å². The van der Waals surface area contributed by atoms with Crippen LogP contribution < -0.4 is 0 Å². The van der Waals surface area contributed by atoms with E-state index >= 15 is 0 Å². The molecule has 1 aliphatic heterocycles. The molecule has 26 heavy (non-hydrogen) atoms. The summed E-state index contributed by atoms with van der Waals surface area (Å²) in [5, 5.41) is 3.13. The van der Waals surface area contributed by atoms with Crippen LogP contribution in [0.5, 0.6) is 0 Å². The summed E-state index contributed by atoms with van der Waals surface area (Å²) in [5.74, 6) is 0.0720. The van der Waals surface area contributed by atoms with Gasteiger partial charge in [-0.25, -0.2) is 4.79 Å². The number of carbonyl (C=O) groups excluding carboxylic acids is 1. The molecule has 0 aromatic heterocycles. The second kappa shape index (κ2) is 7.28. The van der Waals surface area contributed by atoms with Crippen LogP contribution in [0.4, 0.5) is 4.79 Å². The van der Waals surface area contributed by atoms with Crippen molar-refractivity contribution < 1.29 is 9.53 Å². The molecule has 1 atom stereocenters. The number of nitrogens with zero attached hydrogens (tertiary/aromatic N) is 2. The van der Waals surface area contributed by atoms with Crippen LogP contribution in [0.3, 0.4) is 0 Å². The van der Waals surface area contributed by atoms with Gasteiger partial charge in [-0.1, -0.05) is 53.7 Å². The molecule has 2 aromatic carbocycles. The number of fused-ring (bicyclic) bond motifs is 3. The average Bonchev–Trinajstić information content (AvgIpc) is 2.83. The molecule has 1 saturated heterocycles. The van der Waals surface area contributed by atoms with E-state index in [2.05, 4.69) is 29.4 Å². The number of likely N-dealkylation sites (tertiary alicyclic amines) is 1. The molecule has 1 aliphatic carbocycles. The number of ether oxygens (including phenoxy) is 1. The fraction of sp³-hybridized carbons (Fsp3) is 0.381. The van der Waals surface area contributed by atoms with Crippen LogP contribution in [-0.2, 0) is 4.74 Å². The average molecular weight is 350 g/mol. The molecule has 2 aliphatic rings. The zero-order chi connectivity index (χ0) is 17.9. The van der Waals surface area contributed by atoms with Gasteiger partial charge >= 0.3 is 6.09 Å². The van der Waals surface area contributed by atoms with E-state index in [1.165, 1.54) is 22.3 Å². The van der Waals surface area contributed by atoms with Gasteiger partial charge in [-0.05, 0) is 41.5 Å². The number of rotatable bonds is 3. The van der Waals surface area contributed by atoms with Crippen LogP contribution in [0.15, 0.2) is 53.7 Å². The highest BCUT2D eigenvalue weighted by molar-refractivity contribution is 5.79. The van der Waals surface area contributed by atoms with Crippen molar-refractivity contribution in [1.82, 2.24) is 4.90 Å². The van der Waals surface area contributed by atoms with Crippen molar-refractivity contribution in [2.24, 2.45) is 5.18 Å². The van der Waals surface area contributed by atoms with Gasteiger partial charge in [0, 0.05) is 19.0 Å². The quantitative estimate of drug-likeness (QED) is 0.763. The van der Waals surface area contributed by atoms with Crippen LogP contribution in [0.2, 0.25) is 0 Å². The third-order valence-electron chi connectivity index (χ3n) is 5.44. The molecule has 2 aromatic rings. The second-order valence-corrected chi connectivity index (χ2v) is 6.98. The summed E-state index contributed by atoms with van der Waals surface area (Å²) in [6, 6.07) is 16.4. The van der Waals surface area contributed by atoms with Crippen LogP contribution >= 0.6 is 0 Å². The Morgan fingerprint density at radius 2 is 1.65 bits per heavy atom. The van der Waals surface area contributed by atoms with Crippen molar-refractivity contribution in [1.29, 1.82) is 0 Å². The van der Waals surface area contributed by atoms with Crippen molar-refractivity contribution in [2.75, 3.05) is 19.7 Å². The maximum Gasteiger partial charge on any atom is 0.409 e. The van der Waals surface area contributed by atoms with Crippen molar-refractivity contribution in [2.45, 2.75) is 31.2 Å². The minimum Gasteiger partial charge on any atom is -0.448 e. The van der Waals surface area contributed by atoms with Gasteiger partial charge in [0.1, 0.15) is 6.61 Å². The van der Waals surface area contributed by atoms with E-state index < -0.39 is 0 Å². The van der Waals surface area contributed by atoms with Gasteiger partial charge < -0.3 is 9.64 Å². The van der Waals surface area contributed by atoms with Crippen molar-refractivity contribution >= 4 is 6.09 Å². The summed E-state index contributed by atoms with van der Waals surface area (Å²) in [5.41, 5.74) is 4.86. The number of hydrogen-bond donors (Lipinski definition) is 0. The normalized spacial score (nSPS) is 19.4. The van der Waals surface area contributed by atoms with Crippen LogP contribution in [0.1, 0.15) is 36.3 Å². The molecule has 0 N–H and O–H groups in total. The smallest absolute Gasteiger partial charge is 0.409 e. The fourth-order valence-electron chi connectivity index (χ4n) is 4.05. The molecule has 4 rings (SSSR count). The number of carbonyl (C=O) groups is 1. The minimum atomic E-state index is -0.293. The van der Waals surface area contributed by atoms with Gasteiger partial charge in [-0.15, -0.1) is 0 Å². The van der Waals surface area contributed by atoms with Gasteiger partial charge in [-0.3, -0.25) is 0 Å². The molecule has 5 nitrogen and oxygen atoms in total. The molecule has 0 bridgehead atoms.